The first-order valence-electron chi connectivity index (χ1n) is 3.33. The molecule has 3 nitrogen and oxygen atoms in total. The largest absolute Gasteiger partial charge is 0.270 e. The Bertz CT molecular complexity index is 378. The fraction of sp³-hybridized carbons (Fsp3) is 0.143. The van der Waals surface area contributed by atoms with Gasteiger partial charge in [-0.1, -0.05) is 34.8 Å². The molecule has 0 atom stereocenters. The predicted octanol–water partition coefficient (Wildman–Crippen LogP) is 3.56. The molecule has 7 heteroatoms. The molecule has 0 N–H and O–H groups in total. The van der Waals surface area contributed by atoms with Gasteiger partial charge in [0.1, 0.15) is 5.82 Å². The van der Waals surface area contributed by atoms with Crippen molar-refractivity contribution in [3.63, 3.8) is 0 Å². The Balaban J connectivity index is 3.29. The first-order valence-corrected chi connectivity index (χ1v) is 4.47. The Morgan fingerprint density at radius 2 is 1.93 bits per heavy atom. The van der Waals surface area contributed by atoms with Gasteiger partial charge >= 0.3 is 0 Å². The molecule has 14 heavy (non-hydrogen) atoms. The van der Waals surface area contributed by atoms with Gasteiger partial charge in [0.25, 0.3) is 5.69 Å². The second-order valence-electron chi connectivity index (χ2n) is 2.42. The number of hydrogen-bond acceptors (Lipinski definition) is 2. The van der Waals surface area contributed by atoms with Crippen LogP contribution in [0.15, 0.2) is 18.2 Å². The monoisotopic (exact) mass is 257 g/mol. The van der Waals surface area contributed by atoms with Crippen LogP contribution in [0.5, 0.6) is 0 Å². The van der Waals surface area contributed by atoms with Crippen LogP contribution in [0.25, 0.3) is 0 Å². The van der Waals surface area contributed by atoms with Gasteiger partial charge in [0.05, 0.1) is 4.92 Å². The maximum Gasteiger partial charge on any atom is 0.270 e. The zero-order valence-electron chi connectivity index (χ0n) is 6.51. The second-order valence-corrected chi connectivity index (χ2v) is 4.70. The topological polar surface area (TPSA) is 43.1 Å². The van der Waals surface area contributed by atoms with Crippen LogP contribution in [0, 0.1) is 15.9 Å². The summed E-state index contributed by atoms with van der Waals surface area (Å²) >= 11 is 16.2. The lowest BCUT2D eigenvalue weighted by Gasteiger charge is -2.11. The third-order valence-corrected chi connectivity index (χ3v) is 2.08. The van der Waals surface area contributed by atoms with E-state index in [9.17, 15) is 14.5 Å². The first-order chi connectivity index (χ1) is 6.32. The molecule has 1 rings (SSSR count). The van der Waals surface area contributed by atoms with Gasteiger partial charge in [-0.15, -0.1) is 0 Å². The number of hydrogen-bond donors (Lipinski definition) is 0. The van der Waals surface area contributed by atoms with Crippen molar-refractivity contribution in [2.75, 3.05) is 0 Å². The average Bonchev–Trinajstić information content (AvgIpc) is 2.02. The van der Waals surface area contributed by atoms with Crippen LogP contribution in [0.4, 0.5) is 10.1 Å². The maximum atomic E-state index is 13.1. The van der Waals surface area contributed by atoms with Crippen molar-refractivity contribution in [3.8, 4) is 0 Å². The summed E-state index contributed by atoms with van der Waals surface area (Å²) in [4.78, 5) is 9.65. The minimum Gasteiger partial charge on any atom is -0.258 e. The van der Waals surface area contributed by atoms with Gasteiger partial charge in [-0.05, 0) is 6.07 Å². The zero-order valence-corrected chi connectivity index (χ0v) is 8.78. The highest BCUT2D eigenvalue weighted by atomic mass is 35.6. The fourth-order valence-electron chi connectivity index (χ4n) is 0.844. The molecule has 0 aliphatic heterocycles. The van der Waals surface area contributed by atoms with Gasteiger partial charge in [0.15, 0.2) is 0 Å². The van der Waals surface area contributed by atoms with Crippen molar-refractivity contribution in [2.45, 2.75) is 3.79 Å². The molecule has 76 valence electrons. The lowest BCUT2D eigenvalue weighted by atomic mass is 10.2. The summed E-state index contributed by atoms with van der Waals surface area (Å²) in [5.74, 6) is -0.796. The maximum absolute atomic E-state index is 13.1. The molecule has 0 saturated heterocycles. The van der Waals surface area contributed by atoms with Crippen LogP contribution in [0.3, 0.4) is 0 Å². The van der Waals surface area contributed by atoms with Gasteiger partial charge in [0, 0.05) is 17.7 Å². The van der Waals surface area contributed by atoms with Gasteiger partial charge in [-0.3, -0.25) is 10.1 Å². The lowest BCUT2D eigenvalue weighted by molar-refractivity contribution is -0.385. The molecule has 0 radical (unpaired) electrons. The van der Waals surface area contributed by atoms with E-state index in [1.54, 1.807) is 0 Å². The van der Waals surface area contributed by atoms with Crippen molar-refractivity contribution in [3.05, 3.63) is 39.7 Å². The molecule has 1 aromatic rings. The molecule has 0 amide bonds. The highest BCUT2D eigenvalue weighted by molar-refractivity contribution is 6.66. The average molecular weight is 258 g/mol. The number of alkyl halides is 3. The molecule has 0 bridgehead atoms. The van der Waals surface area contributed by atoms with E-state index in [2.05, 4.69) is 0 Å². The van der Waals surface area contributed by atoms with E-state index < -0.39 is 14.5 Å². The number of halogens is 4. The molecule has 0 unspecified atom stereocenters. The van der Waals surface area contributed by atoms with Crippen molar-refractivity contribution in [1.29, 1.82) is 0 Å². The lowest BCUT2D eigenvalue weighted by Crippen LogP contribution is -2.04. The number of nitrogens with zero attached hydrogens (tertiary/aromatic N) is 1. The summed E-state index contributed by atoms with van der Waals surface area (Å²) in [6.07, 6.45) is 0. The number of non-ortho nitro benzene ring substituents is 1. The summed E-state index contributed by atoms with van der Waals surface area (Å²) in [5.41, 5.74) is -0.663. The molecule has 0 saturated carbocycles. The Hall–Kier alpha value is -0.580. The van der Waals surface area contributed by atoms with E-state index in [1.165, 1.54) is 0 Å². The second kappa shape index (κ2) is 3.88. The van der Waals surface area contributed by atoms with Gasteiger partial charge in [-0.25, -0.2) is 4.39 Å². The van der Waals surface area contributed by atoms with Crippen LogP contribution in [-0.4, -0.2) is 4.92 Å². The molecule has 0 aliphatic rings. The molecule has 0 aromatic heterocycles. The highest BCUT2D eigenvalue weighted by Gasteiger charge is 2.28. The normalized spacial score (nSPS) is 11.4. The van der Waals surface area contributed by atoms with Gasteiger partial charge in [-0.2, -0.15) is 0 Å². The fourth-order valence-corrected chi connectivity index (χ4v) is 1.28. The van der Waals surface area contributed by atoms with Crippen LogP contribution < -0.4 is 0 Å². The van der Waals surface area contributed by atoms with E-state index in [0.29, 0.717) is 0 Å². The Morgan fingerprint density at radius 1 is 1.36 bits per heavy atom. The number of nitro benzene ring substituents is 1. The summed E-state index contributed by atoms with van der Waals surface area (Å²) < 4.78 is 11.0. The summed E-state index contributed by atoms with van der Waals surface area (Å²) in [5, 5.41) is 10.3. The minimum absolute atomic E-state index is 0.326. The van der Waals surface area contributed by atoms with Crippen LogP contribution >= 0.6 is 34.8 Å². The SMILES string of the molecule is O=[N+]([O-])c1ccc(F)c(C(Cl)(Cl)Cl)c1. The molecule has 0 fully saturated rings. The Kier molecular flexibility index (Phi) is 3.19. The quantitative estimate of drug-likeness (QED) is 0.439. The Labute approximate surface area is 93.5 Å². The smallest absolute Gasteiger partial charge is 0.258 e. The van der Waals surface area contributed by atoms with Crippen LogP contribution in [0.1, 0.15) is 5.56 Å². The first kappa shape index (κ1) is 11.5. The molecule has 0 heterocycles. The molecule has 0 aliphatic carbocycles. The van der Waals surface area contributed by atoms with Crippen molar-refractivity contribution < 1.29 is 9.31 Å². The zero-order chi connectivity index (χ0) is 10.9. The van der Waals surface area contributed by atoms with E-state index in [-0.39, 0.29) is 11.3 Å². The Morgan fingerprint density at radius 3 is 2.36 bits per heavy atom. The van der Waals surface area contributed by atoms with E-state index in [4.69, 9.17) is 34.8 Å². The standard InChI is InChI=1S/C7H3Cl3FNO2/c8-7(9,10)5-3-4(12(13)14)1-2-6(5)11/h1-3H. The third kappa shape index (κ3) is 2.47. The molecular formula is C7H3Cl3FNO2. The van der Waals surface area contributed by atoms with Gasteiger partial charge in [0.2, 0.25) is 3.79 Å². The number of nitro groups is 1. The van der Waals surface area contributed by atoms with Crippen LogP contribution in [-0.2, 0) is 3.79 Å². The molecule has 0 spiro atoms. The van der Waals surface area contributed by atoms with Crippen molar-refractivity contribution >= 4 is 40.5 Å². The molecule has 1 aromatic carbocycles. The summed E-state index contributed by atoms with van der Waals surface area (Å²) in [7, 11) is 0. The number of benzene rings is 1. The summed E-state index contributed by atoms with van der Waals surface area (Å²) in [6, 6.07) is 2.77. The van der Waals surface area contributed by atoms with Crippen molar-refractivity contribution in [1.82, 2.24) is 0 Å². The number of rotatable bonds is 1. The highest BCUT2D eigenvalue weighted by Crippen LogP contribution is 2.40. The predicted molar refractivity (Wildman–Crippen MR) is 52.3 cm³/mol. The van der Waals surface area contributed by atoms with Crippen LogP contribution in [0.2, 0.25) is 0 Å². The minimum atomic E-state index is -2.00. The van der Waals surface area contributed by atoms with Gasteiger partial charge < -0.3 is 0 Å². The van der Waals surface area contributed by atoms with Crippen molar-refractivity contribution in [2.24, 2.45) is 0 Å². The van der Waals surface area contributed by atoms with E-state index in [1.807, 2.05) is 0 Å². The molecular weight excluding hydrogens is 255 g/mol. The third-order valence-electron chi connectivity index (χ3n) is 1.47. The van der Waals surface area contributed by atoms with E-state index >= 15 is 0 Å². The van der Waals surface area contributed by atoms with E-state index in [0.717, 1.165) is 18.2 Å². The summed E-state index contributed by atoms with van der Waals surface area (Å²) in [6.45, 7) is 0.